The van der Waals surface area contributed by atoms with Crippen molar-refractivity contribution in [2.75, 3.05) is 13.1 Å². The molecular weight excluding hydrogens is 254 g/mol. The smallest absolute Gasteiger partial charge is 0.00777 e. The number of benzene rings is 1. The van der Waals surface area contributed by atoms with Crippen LogP contribution in [0, 0.1) is 0 Å². The van der Waals surface area contributed by atoms with E-state index in [4.69, 9.17) is 0 Å². The van der Waals surface area contributed by atoms with Gasteiger partial charge in [-0.05, 0) is 35.9 Å². The van der Waals surface area contributed by atoms with Crippen LogP contribution >= 0.6 is 0 Å². The number of hydrogen-bond acceptors (Lipinski definition) is 1. The van der Waals surface area contributed by atoms with Crippen LogP contribution in [0.25, 0.3) is 0 Å². The summed E-state index contributed by atoms with van der Waals surface area (Å²) in [5.74, 6) is 0. The largest absolute Gasteiger partial charge is 0.316 e. The second-order valence-electron chi connectivity index (χ2n) is 7.80. The zero-order valence-corrected chi connectivity index (χ0v) is 14.5. The van der Waals surface area contributed by atoms with Gasteiger partial charge in [-0.25, -0.2) is 0 Å². The molecule has 0 bridgehead atoms. The van der Waals surface area contributed by atoms with Crippen LogP contribution in [0.2, 0.25) is 0 Å². The van der Waals surface area contributed by atoms with Crippen LogP contribution in [-0.2, 0) is 10.8 Å². The van der Waals surface area contributed by atoms with Crippen molar-refractivity contribution in [3.63, 3.8) is 0 Å². The fourth-order valence-electron chi connectivity index (χ4n) is 3.66. The molecule has 1 N–H and O–H groups in total. The van der Waals surface area contributed by atoms with Crippen molar-refractivity contribution in [3.05, 3.63) is 35.4 Å². The molecule has 0 unspecified atom stereocenters. The maximum atomic E-state index is 3.63. The second kappa shape index (κ2) is 6.96. The molecule has 21 heavy (non-hydrogen) atoms. The highest BCUT2D eigenvalue weighted by atomic mass is 14.9. The van der Waals surface area contributed by atoms with E-state index in [9.17, 15) is 0 Å². The molecule has 1 saturated carbocycles. The van der Waals surface area contributed by atoms with E-state index in [1.54, 1.807) is 5.56 Å². The van der Waals surface area contributed by atoms with Crippen molar-refractivity contribution < 1.29 is 0 Å². The van der Waals surface area contributed by atoms with Gasteiger partial charge in [0.2, 0.25) is 0 Å². The zero-order chi connectivity index (χ0) is 15.3. The Labute approximate surface area is 131 Å². The fourth-order valence-corrected chi connectivity index (χ4v) is 3.66. The van der Waals surface area contributed by atoms with Crippen molar-refractivity contribution in [2.24, 2.45) is 0 Å². The van der Waals surface area contributed by atoms with Crippen LogP contribution in [0.4, 0.5) is 0 Å². The van der Waals surface area contributed by atoms with Crippen LogP contribution in [0.5, 0.6) is 0 Å². The third-order valence-electron chi connectivity index (χ3n) is 5.14. The van der Waals surface area contributed by atoms with E-state index < -0.39 is 0 Å². The highest BCUT2D eigenvalue weighted by molar-refractivity contribution is 5.33. The van der Waals surface area contributed by atoms with Crippen molar-refractivity contribution in [1.82, 2.24) is 5.32 Å². The molecular formula is C20H33N. The summed E-state index contributed by atoms with van der Waals surface area (Å²) in [6.07, 6.45) is 8.27. The lowest BCUT2D eigenvalue weighted by Gasteiger charge is -2.34. The highest BCUT2D eigenvalue weighted by Gasteiger charge is 2.32. The Morgan fingerprint density at radius 3 is 2.00 bits per heavy atom. The SMILES string of the molecule is CCNCC1(c2ccc(C(C)(C)C)cc2)CCCCCC1. The summed E-state index contributed by atoms with van der Waals surface area (Å²) < 4.78 is 0. The van der Waals surface area contributed by atoms with Gasteiger partial charge < -0.3 is 5.32 Å². The topological polar surface area (TPSA) is 12.0 Å². The minimum Gasteiger partial charge on any atom is -0.316 e. The van der Waals surface area contributed by atoms with Gasteiger partial charge in [0.05, 0.1) is 0 Å². The monoisotopic (exact) mass is 287 g/mol. The second-order valence-corrected chi connectivity index (χ2v) is 7.80. The molecule has 0 heterocycles. The van der Waals surface area contributed by atoms with Crippen molar-refractivity contribution in [3.8, 4) is 0 Å². The van der Waals surface area contributed by atoms with Gasteiger partial charge in [-0.15, -0.1) is 0 Å². The third-order valence-corrected chi connectivity index (χ3v) is 5.14. The van der Waals surface area contributed by atoms with Gasteiger partial charge in [-0.2, -0.15) is 0 Å². The molecule has 118 valence electrons. The van der Waals surface area contributed by atoms with Crippen molar-refractivity contribution in [1.29, 1.82) is 0 Å². The summed E-state index contributed by atoms with van der Waals surface area (Å²) >= 11 is 0. The number of rotatable bonds is 4. The molecule has 1 nitrogen and oxygen atoms in total. The van der Waals surface area contributed by atoms with Crippen LogP contribution in [0.1, 0.15) is 77.3 Å². The molecule has 0 aliphatic heterocycles. The zero-order valence-electron chi connectivity index (χ0n) is 14.5. The molecule has 1 aromatic rings. The quantitative estimate of drug-likeness (QED) is 0.752. The molecule has 1 aliphatic carbocycles. The van der Waals surface area contributed by atoms with Crippen LogP contribution in [0.3, 0.4) is 0 Å². The van der Waals surface area contributed by atoms with Crippen LogP contribution < -0.4 is 5.32 Å². The Balaban J connectivity index is 2.27. The van der Waals surface area contributed by atoms with Gasteiger partial charge in [0.15, 0.2) is 0 Å². The Bertz CT molecular complexity index is 416. The first-order chi connectivity index (χ1) is 9.98. The van der Waals surface area contributed by atoms with Gasteiger partial charge in [0.25, 0.3) is 0 Å². The Morgan fingerprint density at radius 1 is 0.952 bits per heavy atom. The summed E-state index contributed by atoms with van der Waals surface area (Å²) in [6, 6.07) is 9.52. The lowest BCUT2D eigenvalue weighted by Crippen LogP contribution is -2.38. The van der Waals surface area contributed by atoms with E-state index in [1.165, 1.54) is 44.1 Å². The van der Waals surface area contributed by atoms with E-state index in [0.717, 1.165) is 13.1 Å². The van der Waals surface area contributed by atoms with Gasteiger partial charge in [-0.1, -0.05) is 77.6 Å². The number of nitrogens with one attached hydrogen (secondary N) is 1. The van der Waals surface area contributed by atoms with Gasteiger partial charge >= 0.3 is 0 Å². The summed E-state index contributed by atoms with van der Waals surface area (Å²) in [5, 5.41) is 3.63. The Hall–Kier alpha value is -0.820. The fraction of sp³-hybridized carbons (Fsp3) is 0.700. The average molecular weight is 287 g/mol. The molecule has 0 aromatic heterocycles. The first kappa shape index (κ1) is 16.5. The van der Waals surface area contributed by atoms with Gasteiger partial charge in [0, 0.05) is 12.0 Å². The van der Waals surface area contributed by atoms with Crippen molar-refractivity contribution in [2.45, 2.75) is 77.0 Å². The van der Waals surface area contributed by atoms with E-state index in [1.807, 2.05) is 0 Å². The van der Waals surface area contributed by atoms with E-state index >= 15 is 0 Å². The highest BCUT2D eigenvalue weighted by Crippen LogP contribution is 2.38. The first-order valence-electron chi connectivity index (χ1n) is 8.80. The minimum absolute atomic E-state index is 0.247. The molecule has 1 aliphatic rings. The average Bonchev–Trinajstić information content (AvgIpc) is 2.71. The normalized spacial score (nSPS) is 19.2. The lowest BCUT2D eigenvalue weighted by atomic mass is 9.73. The Morgan fingerprint density at radius 2 is 1.52 bits per heavy atom. The van der Waals surface area contributed by atoms with Crippen molar-refractivity contribution >= 4 is 0 Å². The molecule has 1 heteroatoms. The van der Waals surface area contributed by atoms with Gasteiger partial charge in [0.1, 0.15) is 0 Å². The standard InChI is InChI=1S/C20H33N/c1-5-21-16-20(14-8-6-7-9-15-20)18-12-10-17(11-13-18)19(2,3)4/h10-13,21H,5-9,14-16H2,1-4H3. The summed E-state index contributed by atoms with van der Waals surface area (Å²) in [6.45, 7) is 11.3. The van der Waals surface area contributed by atoms with E-state index in [-0.39, 0.29) is 5.41 Å². The molecule has 0 radical (unpaired) electrons. The summed E-state index contributed by atoms with van der Waals surface area (Å²) in [7, 11) is 0. The number of hydrogen-bond donors (Lipinski definition) is 1. The van der Waals surface area contributed by atoms with Crippen LogP contribution in [0.15, 0.2) is 24.3 Å². The molecule has 0 saturated heterocycles. The number of likely N-dealkylation sites (N-methyl/N-ethyl adjacent to an activating group) is 1. The predicted octanol–water partition coefficient (Wildman–Crippen LogP) is 5.19. The molecule has 2 rings (SSSR count). The lowest BCUT2D eigenvalue weighted by molar-refractivity contribution is 0.350. The Kier molecular flexibility index (Phi) is 5.48. The minimum atomic E-state index is 0.247. The predicted molar refractivity (Wildman–Crippen MR) is 93.1 cm³/mol. The van der Waals surface area contributed by atoms with E-state index in [0.29, 0.717) is 5.41 Å². The summed E-state index contributed by atoms with van der Waals surface area (Å²) in [5.41, 5.74) is 3.61. The molecule has 1 aromatic carbocycles. The maximum Gasteiger partial charge on any atom is 0.00777 e. The third kappa shape index (κ3) is 4.10. The maximum absolute atomic E-state index is 3.63. The molecule has 0 amide bonds. The van der Waals surface area contributed by atoms with Crippen LogP contribution in [-0.4, -0.2) is 13.1 Å². The summed E-state index contributed by atoms with van der Waals surface area (Å²) in [4.78, 5) is 0. The van der Waals surface area contributed by atoms with Gasteiger partial charge in [-0.3, -0.25) is 0 Å². The molecule has 0 atom stereocenters. The molecule has 0 spiro atoms. The van der Waals surface area contributed by atoms with E-state index in [2.05, 4.69) is 57.3 Å². The molecule has 1 fully saturated rings. The first-order valence-corrected chi connectivity index (χ1v) is 8.80.